The lowest BCUT2D eigenvalue weighted by molar-refractivity contribution is -0.155. The molecule has 60 heavy (non-hydrogen) atoms. The van der Waals surface area contributed by atoms with Crippen molar-refractivity contribution in [1.29, 1.82) is 0 Å². The van der Waals surface area contributed by atoms with Gasteiger partial charge in [0, 0.05) is 71.6 Å². The van der Waals surface area contributed by atoms with Crippen LogP contribution < -0.4 is 10.7 Å². The van der Waals surface area contributed by atoms with Gasteiger partial charge in [-0.25, -0.2) is 10.4 Å². The number of nitrogens with zero attached hydrogens (tertiary/aromatic N) is 5. The predicted molar refractivity (Wildman–Crippen MR) is 235 cm³/mol. The number of aryl methyl sites for hydroxylation is 1. The summed E-state index contributed by atoms with van der Waals surface area (Å²) >= 11 is 1.50. The van der Waals surface area contributed by atoms with Gasteiger partial charge in [0.15, 0.2) is 0 Å². The average molecular weight is 838 g/mol. The van der Waals surface area contributed by atoms with Crippen LogP contribution in [0.5, 0.6) is 0 Å². The molecule has 322 valence electrons. The van der Waals surface area contributed by atoms with Crippen LogP contribution in [0.3, 0.4) is 0 Å². The van der Waals surface area contributed by atoms with Crippen molar-refractivity contribution in [2.75, 3.05) is 40.4 Å². The van der Waals surface area contributed by atoms with Crippen molar-refractivity contribution in [2.45, 2.75) is 117 Å². The van der Waals surface area contributed by atoms with Crippen molar-refractivity contribution < 1.29 is 23.9 Å². The lowest BCUT2D eigenvalue weighted by Crippen LogP contribution is -2.60. The van der Waals surface area contributed by atoms with Crippen molar-refractivity contribution in [2.24, 2.45) is 23.2 Å². The first-order valence-corrected chi connectivity index (χ1v) is 23.0. The van der Waals surface area contributed by atoms with Crippen LogP contribution in [0.15, 0.2) is 35.8 Å². The zero-order valence-electron chi connectivity index (χ0n) is 36.7. The average Bonchev–Trinajstić information content (AvgIpc) is 3.52. The molecule has 12 nitrogen and oxygen atoms in total. The maximum absolute atomic E-state index is 14.2. The molecule has 0 spiro atoms. The van der Waals surface area contributed by atoms with Gasteiger partial charge in [0.1, 0.15) is 12.1 Å². The predicted octanol–water partition coefficient (Wildman–Crippen LogP) is 7.30. The summed E-state index contributed by atoms with van der Waals surface area (Å²) in [6, 6.07) is 7.47. The van der Waals surface area contributed by atoms with Crippen LogP contribution >= 0.6 is 11.3 Å². The molecular formula is C47H63N7O5S. The van der Waals surface area contributed by atoms with Crippen molar-refractivity contribution >= 4 is 40.0 Å². The number of carbonyl (C=O) groups excluding carboxylic acids is 3. The number of rotatable bonds is 7. The van der Waals surface area contributed by atoms with E-state index in [1.165, 1.54) is 27.5 Å². The number of thiazole rings is 1. The quantitative estimate of drug-likeness (QED) is 0.184. The first-order valence-electron chi connectivity index (χ1n) is 22.1. The molecule has 6 bridgehead atoms. The van der Waals surface area contributed by atoms with E-state index in [2.05, 4.69) is 105 Å². The van der Waals surface area contributed by atoms with Gasteiger partial charge in [-0.2, -0.15) is 0 Å². The van der Waals surface area contributed by atoms with Gasteiger partial charge < -0.3 is 24.3 Å². The highest BCUT2D eigenvalue weighted by molar-refractivity contribution is 7.10. The third-order valence-electron chi connectivity index (χ3n) is 13.8. The van der Waals surface area contributed by atoms with Gasteiger partial charge in [0.05, 0.1) is 34.8 Å². The van der Waals surface area contributed by atoms with Gasteiger partial charge in [-0.15, -0.1) is 11.3 Å². The number of likely N-dealkylation sites (tertiary alicyclic amines) is 1. The molecule has 1 unspecified atom stereocenters. The number of amides is 2. The standard InChI is InChI=1S/C47H63N7O5S/c1-9-53-39-15-14-31-20-33(39)35(43(53)34-21-32(24-48-42(34)29(4)58-8)30-12-10-17-52(7)19-16-30)23-47(5,6)26-59-46(57)36-13-11-18-54(51-36)45(56)37(22-40-49-38(31)25-60-40)50-44(55)41-27(2)28(41)3/h14-15,20-21,24-25,27-30,36-37,41,51H,9-13,16-19,22-23,26H2,1-8H3,(H,50,55)/t27-,28+,29-,30-,36-,37-,41?/m0/s1. The van der Waals surface area contributed by atoms with Crippen LogP contribution in [0.4, 0.5) is 0 Å². The second kappa shape index (κ2) is 17.3. The van der Waals surface area contributed by atoms with Gasteiger partial charge >= 0.3 is 5.97 Å². The van der Waals surface area contributed by atoms with Gasteiger partial charge in [-0.3, -0.25) is 24.4 Å². The summed E-state index contributed by atoms with van der Waals surface area (Å²) in [5.41, 5.74) is 11.2. The molecule has 3 fully saturated rings. The van der Waals surface area contributed by atoms with Crippen LogP contribution in [0, 0.1) is 23.2 Å². The highest BCUT2D eigenvalue weighted by Gasteiger charge is 2.49. The van der Waals surface area contributed by atoms with E-state index in [-0.39, 0.29) is 54.7 Å². The van der Waals surface area contributed by atoms with Crippen molar-refractivity contribution in [3.8, 4) is 22.5 Å². The number of hydrogen-bond donors (Lipinski definition) is 2. The third-order valence-corrected chi connectivity index (χ3v) is 14.7. The normalized spacial score (nSPS) is 26.9. The maximum Gasteiger partial charge on any atom is 0.324 e. The number of hydrazine groups is 1. The molecule has 2 N–H and O–H groups in total. The largest absolute Gasteiger partial charge is 0.464 e. The van der Waals surface area contributed by atoms with E-state index in [1.807, 2.05) is 0 Å². The Balaban J connectivity index is 1.26. The molecule has 4 aliphatic rings. The first-order chi connectivity index (χ1) is 28.8. The molecule has 2 saturated heterocycles. The molecule has 3 aliphatic heterocycles. The summed E-state index contributed by atoms with van der Waals surface area (Å²) in [4.78, 5) is 54.3. The van der Waals surface area contributed by atoms with Crippen LogP contribution in [-0.2, 0) is 43.2 Å². The zero-order valence-corrected chi connectivity index (χ0v) is 37.5. The van der Waals surface area contributed by atoms with E-state index in [9.17, 15) is 14.4 Å². The summed E-state index contributed by atoms with van der Waals surface area (Å²) in [5, 5.41) is 8.54. The second-order valence-corrected chi connectivity index (χ2v) is 19.7. The fraction of sp³-hybridized carbons (Fsp3) is 0.596. The van der Waals surface area contributed by atoms with E-state index in [0.29, 0.717) is 31.7 Å². The van der Waals surface area contributed by atoms with Crippen LogP contribution in [0.2, 0.25) is 0 Å². The number of carbonyl (C=O) groups is 3. The fourth-order valence-electron chi connectivity index (χ4n) is 9.83. The lowest BCUT2D eigenvalue weighted by atomic mass is 9.83. The first kappa shape index (κ1) is 42.5. The number of nitrogens with one attached hydrogen (secondary N) is 2. The lowest BCUT2D eigenvalue weighted by Gasteiger charge is -2.35. The highest BCUT2D eigenvalue weighted by atomic mass is 32.1. The molecule has 0 radical (unpaired) electrons. The Labute approximate surface area is 358 Å². The Bertz CT molecular complexity index is 2240. The Hall–Kier alpha value is -4.17. The molecule has 1 aliphatic carbocycles. The minimum absolute atomic E-state index is 0.109. The van der Waals surface area contributed by atoms with Crippen molar-refractivity contribution in [3.63, 3.8) is 0 Å². The molecule has 3 aromatic heterocycles. The topological polar surface area (TPSA) is 131 Å². The molecule has 7 atom stereocenters. The molecule has 4 aromatic rings. The van der Waals surface area contributed by atoms with Crippen molar-refractivity contribution in [3.05, 3.63) is 57.7 Å². The fourth-order valence-corrected chi connectivity index (χ4v) is 10.7. The summed E-state index contributed by atoms with van der Waals surface area (Å²) in [5.74, 6) is 0.0676. The number of methoxy groups -OCH3 is 1. The number of esters is 1. The minimum atomic E-state index is -0.834. The number of fused-ring (bicyclic) bond motifs is 6. The Morgan fingerprint density at radius 2 is 1.88 bits per heavy atom. The number of aromatic nitrogens is 3. The summed E-state index contributed by atoms with van der Waals surface area (Å²) in [6.07, 6.45) is 7.27. The monoisotopic (exact) mass is 837 g/mol. The molecule has 1 aromatic carbocycles. The van der Waals surface area contributed by atoms with Crippen LogP contribution in [0.25, 0.3) is 33.4 Å². The Morgan fingerprint density at radius 3 is 2.63 bits per heavy atom. The second-order valence-electron chi connectivity index (χ2n) is 18.7. The van der Waals surface area contributed by atoms with Gasteiger partial charge in [-0.1, -0.05) is 33.8 Å². The molecule has 8 rings (SSSR count). The molecule has 13 heteroatoms. The van der Waals surface area contributed by atoms with Gasteiger partial charge in [-0.05, 0) is 120 Å². The van der Waals surface area contributed by atoms with Gasteiger partial charge in [0.2, 0.25) is 5.91 Å². The molecule has 1 saturated carbocycles. The highest BCUT2D eigenvalue weighted by Crippen LogP contribution is 2.46. The summed E-state index contributed by atoms with van der Waals surface area (Å²) in [6.45, 7) is 16.2. The number of hydrogen-bond acceptors (Lipinski definition) is 10. The number of cyclic esters (lactones) is 1. The number of ether oxygens (including phenoxy) is 2. The molecular weight excluding hydrogens is 775 g/mol. The van der Waals surface area contributed by atoms with E-state index in [4.69, 9.17) is 19.4 Å². The smallest absolute Gasteiger partial charge is 0.324 e. The summed E-state index contributed by atoms with van der Waals surface area (Å²) < 4.78 is 14.6. The SMILES string of the molecule is CCn1c(-c2cc([C@H]3CCCN(C)CC3)cnc2[C@H](C)OC)c2c3cc(ccc31)-c1csc(n1)C[C@H](NC(=O)C1[C@@H](C)[C@H]1C)C(=O)N1CCC[C@H](N1)C(=O)OCC(C)(C)C2. The number of pyridine rings is 1. The van der Waals surface area contributed by atoms with E-state index < -0.39 is 17.5 Å². The van der Waals surface area contributed by atoms with Gasteiger partial charge in [0.25, 0.3) is 5.91 Å². The molecule has 2 amide bonds. The maximum atomic E-state index is 14.2. The van der Waals surface area contributed by atoms with Crippen LogP contribution in [-0.4, -0.2) is 94.7 Å². The molecule has 6 heterocycles. The van der Waals surface area contributed by atoms with E-state index >= 15 is 0 Å². The third kappa shape index (κ3) is 8.52. The van der Waals surface area contributed by atoms with Crippen LogP contribution in [0.1, 0.15) is 107 Å². The number of benzene rings is 1. The Morgan fingerprint density at radius 1 is 1.10 bits per heavy atom. The van der Waals surface area contributed by atoms with E-state index in [0.717, 1.165) is 83.0 Å². The summed E-state index contributed by atoms with van der Waals surface area (Å²) in [7, 11) is 3.96. The Kier molecular flexibility index (Phi) is 12.3. The zero-order chi connectivity index (χ0) is 42.5. The van der Waals surface area contributed by atoms with E-state index in [1.54, 1.807) is 7.11 Å². The minimum Gasteiger partial charge on any atom is -0.464 e. The van der Waals surface area contributed by atoms with Crippen molar-refractivity contribution in [1.82, 2.24) is 35.2 Å².